The highest BCUT2D eigenvalue weighted by molar-refractivity contribution is 5.92. The maximum absolute atomic E-state index is 13.0. The van der Waals surface area contributed by atoms with E-state index in [1.807, 2.05) is 0 Å². The molecule has 24 heavy (non-hydrogen) atoms. The molecule has 0 aliphatic heterocycles. The molecule has 6 nitrogen and oxygen atoms in total. The van der Waals surface area contributed by atoms with Gasteiger partial charge in [-0.3, -0.25) is 9.59 Å². The van der Waals surface area contributed by atoms with Gasteiger partial charge in [0.1, 0.15) is 17.9 Å². The largest absolute Gasteiger partial charge is 0.482 e. The first kappa shape index (κ1) is 17.1. The first-order chi connectivity index (χ1) is 11.6. The predicted octanol–water partition coefficient (Wildman–Crippen LogP) is 2.20. The van der Waals surface area contributed by atoms with E-state index in [-0.39, 0.29) is 12.3 Å². The molecular weight excluding hydrogens is 317 g/mol. The SMILES string of the molecule is O=Cc1ccc(OCC(=O)OCC(=O)Nc2cccc(F)c2)cc1. The van der Waals surface area contributed by atoms with Gasteiger partial charge in [0.15, 0.2) is 13.2 Å². The molecule has 7 heteroatoms. The van der Waals surface area contributed by atoms with E-state index in [0.717, 1.165) is 6.07 Å². The molecule has 0 bridgehead atoms. The van der Waals surface area contributed by atoms with Crippen molar-refractivity contribution < 1.29 is 28.2 Å². The quantitative estimate of drug-likeness (QED) is 0.621. The Morgan fingerprint density at radius 3 is 2.50 bits per heavy atom. The standard InChI is InChI=1S/C17H14FNO5/c18-13-2-1-3-14(8-13)19-16(21)10-24-17(22)11-23-15-6-4-12(9-20)5-7-15/h1-9H,10-11H2,(H,19,21). The zero-order valence-corrected chi connectivity index (χ0v) is 12.5. The Hall–Kier alpha value is -3.22. The highest BCUT2D eigenvalue weighted by Gasteiger charge is 2.09. The number of aldehydes is 1. The molecule has 2 aromatic rings. The predicted molar refractivity (Wildman–Crippen MR) is 83.3 cm³/mol. The van der Waals surface area contributed by atoms with E-state index in [9.17, 15) is 18.8 Å². The Bertz CT molecular complexity index is 730. The number of amides is 1. The fraction of sp³-hybridized carbons (Fsp3) is 0.118. The van der Waals surface area contributed by atoms with Gasteiger partial charge in [-0.25, -0.2) is 9.18 Å². The lowest BCUT2D eigenvalue weighted by Gasteiger charge is -2.08. The summed E-state index contributed by atoms with van der Waals surface area (Å²) in [4.78, 5) is 33.6. The summed E-state index contributed by atoms with van der Waals surface area (Å²) in [5.41, 5.74) is 0.751. The van der Waals surface area contributed by atoms with Crippen molar-refractivity contribution in [1.29, 1.82) is 0 Å². The molecule has 0 aromatic heterocycles. The molecule has 0 fully saturated rings. The first-order valence-corrected chi connectivity index (χ1v) is 6.96. The van der Waals surface area contributed by atoms with Gasteiger partial charge in [-0.05, 0) is 42.5 Å². The van der Waals surface area contributed by atoms with E-state index >= 15 is 0 Å². The van der Waals surface area contributed by atoms with Crippen molar-refractivity contribution in [3.63, 3.8) is 0 Å². The monoisotopic (exact) mass is 331 g/mol. The summed E-state index contributed by atoms with van der Waals surface area (Å²) >= 11 is 0. The number of anilines is 1. The first-order valence-electron chi connectivity index (χ1n) is 6.96. The summed E-state index contributed by atoms with van der Waals surface area (Å²) in [7, 11) is 0. The molecule has 0 atom stereocenters. The second kappa shape index (κ2) is 8.42. The number of hydrogen-bond donors (Lipinski definition) is 1. The van der Waals surface area contributed by atoms with Crippen molar-refractivity contribution in [1.82, 2.24) is 0 Å². The third kappa shape index (κ3) is 5.53. The Balaban J connectivity index is 1.72. The summed E-state index contributed by atoms with van der Waals surface area (Å²) in [6.07, 6.45) is 0.690. The van der Waals surface area contributed by atoms with Crippen molar-refractivity contribution in [2.24, 2.45) is 0 Å². The summed E-state index contributed by atoms with van der Waals surface area (Å²) in [5, 5.41) is 2.39. The van der Waals surface area contributed by atoms with Crippen LogP contribution in [0.2, 0.25) is 0 Å². The van der Waals surface area contributed by atoms with Crippen LogP contribution >= 0.6 is 0 Å². The van der Waals surface area contributed by atoms with E-state index in [1.165, 1.54) is 30.3 Å². The highest BCUT2D eigenvalue weighted by Crippen LogP contribution is 2.11. The van der Waals surface area contributed by atoms with Gasteiger partial charge in [0.05, 0.1) is 0 Å². The molecule has 0 aliphatic carbocycles. The molecule has 124 valence electrons. The molecular formula is C17H14FNO5. The minimum absolute atomic E-state index is 0.266. The number of rotatable bonds is 7. The second-order valence-corrected chi connectivity index (χ2v) is 4.69. The number of benzene rings is 2. The molecule has 1 amide bonds. The highest BCUT2D eigenvalue weighted by atomic mass is 19.1. The summed E-state index contributed by atoms with van der Waals surface area (Å²) in [5.74, 6) is -1.42. The van der Waals surface area contributed by atoms with Crippen LogP contribution in [0.25, 0.3) is 0 Å². The van der Waals surface area contributed by atoms with Crippen molar-refractivity contribution >= 4 is 23.9 Å². The molecule has 2 rings (SSSR count). The van der Waals surface area contributed by atoms with Crippen LogP contribution in [0.15, 0.2) is 48.5 Å². The topological polar surface area (TPSA) is 81.7 Å². The third-order valence-electron chi connectivity index (χ3n) is 2.85. The minimum atomic E-state index is -0.733. The molecule has 2 aromatic carbocycles. The summed E-state index contributed by atoms with van der Waals surface area (Å²) in [6.45, 7) is -0.892. The van der Waals surface area contributed by atoms with E-state index in [4.69, 9.17) is 9.47 Å². The van der Waals surface area contributed by atoms with Gasteiger partial charge in [0, 0.05) is 11.3 Å². The van der Waals surface area contributed by atoms with Crippen molar-refractivity contribution in [3.05, 3.63) is 59.9 Å². The third-order valence-corrected chi connectivity index (χ3v) is 2.85. The second-order valence-electron chi connectivity index (χ2n) is 4.69. The van der Waals surface area contributed by atoms with Crippen LogP contribution < -0.4 is 10.1 Å². The molecule has 0 saturated carbocycles. The van der Waals surface area contributed by atoms with E-state index in [2.05, 4.69) is 5.32 Å². The number of carbonyl (C=O) groups excluding carboxylic acids is 3. The van der Waals surface area contributed by atoms with Crippen LogP contribution in [0.5, 0.6) is 5.75 Å². The van der Waals surface area contributed by atoms with Crippen LogP contribution in [0, 0.1) is 5.82 Å². The number of halogens is 1. The van der Waals surface area contributed by atoms with Gasteiger partial charge in [-0.2, -0.15) is 0 Å². The Morgan fingerprint density at radius 1 is 1.08 bits per heavy atom. The van der Waals surface area contributed by atoms with Gasteiger partial charge in [-0.15, -0.1) is 0 Å². The average molecular weight is 331 g/mol. The molecule has 0 saturated heterocycles. The van der Waals surface area contributed by atoms with Crippen molar-refractivity contribution in [2.75, 3.05) is 18.5 Å². The molecule has 1 N–H and O–H groups in total. The molecule has 0 radical (unpaired) electrons. The number of esters is 1. The minimum Gasteiger partial charge on any atom is -0.482 e. The van der Waals surface area contributed by atoms with Gasteiger partial charge in [0.2, 0.25) is 0 Å². The van der Waals surface area contributed by atoms with Crippen molar-refractivity contribution in [3.8, 4) is 5.75 Å². The summed E-state index contributed by atoms with van der Waals surface area (Å²) < 4.78 is 22.9. The van der Waals surface area contributed by atoms with E-state index < -0.39 is 24.3 Å². The van der Waals surface area contributed by atoms with Crippen LogP contribution in [-0.4, -0.2) is 31.4 Å². The zero-order chi connectivity index (χ0) is 17.4. The number of hydrogen-bond acceptors (Lipinski definition) is 5. The van der Waals surface area contributed by atoms with Crippen LogP contribution in [-0.2, 0) is 14.3 Å². The van der Waals surface area contributed by atoms with Crippen LogP contribution in [0.3, 0.4) is 0 Å². The zero-order valence-electron chi connectivity index (χ0n) is 12.5. The lowest BCUT2D eigenvalue weighted by Crippen LogP contribution is -2.23. The Morgan fingerprint density at radius 2 is 1.83 bits per heavy atom. The maximum Gasteiger partial charge on any atom is 0.344 e. The van der Waals surface area contributed by atoms with Gasteiger partial charge in [0.25, 0.3) is 5.91 Å². The smallest absolute Gasteiger partial charge is 0.344 e. The fourth-order valence-electron chi connectivity index (χ4n) is 1.74. The summed E-state index contributed by atoms with van der Waals surface area (Å²) in [6, 6.07) is 11.5. The number of ether oxygens (including phenoxy) is 2. The number of carbonyl (C=O) groups is 3. The normalized spacial score (nSPS) is 9.88. The van der Waals surface area contributed by atoms with Gasteiger partial charge >= 0.3 is 5.97 Å². The molecule has 0 unspecified atom stereocenters. The molecule has 0 spiro atoms. The average Bonchev–Trinajstić information content (AvgIpc) is 2.58. The van der Waals surface area contributed by atoms with E-state index in [0.29, 0.717) is 17.6 Å². The van der Waals surface area contributed by atoms with Gasteiger partial charge < -0.3 is 14.8 Å². The lowest BCUT2D eigenvalue weighted by atomic mass is 10.2. The number of nitrogens with one attached hydrogen (secondary N) is 1. The Kier molecular flexibility index (Phi) is 6.01. The van der Waals surface area contributed by atoms with Gasteiger partial charge in [-0.1, -0.05) is 6.07 Å². The van der Waals surface area contributed by atoms with Crippen LogP contribution in [0.4, 0.5) is 10.1 Å². The van der Waals surface area contributed by atoms with Crippen LogP contribution in [0.1, 0.15) is 10.4 Å². The van der Waals surface area contributed by atoms with Crippen molar-refractivity contribution in [2.45, 2.75) is 0 Å². The van der Waals surface area contributed by atoms with E-state index in [1.54, 1.807) is 12.1 Å². The Labute approximate surface area is 137 Å². The fourth-order valence-corrected chi connectivity index (χ4v) is 1.74. The molecule has 0 heterocycles. The lowest BCUT2D eigenvalue weighted by molar-refractivity contribution is -0.149. The maximum atomic E-state index is 13.0. The molecule has 0 aliphatic rings.